The van der Waals surface area contributed by atoms with Crippen LogP contribution in [0.3, 0.4) is 0 Å². The van der Waals surface area contributed by atoms with E-state index in [9.17, 15) is 4.79 Å². The van der Waals surface area contributed by atoms with Crippen LogP contribution in [0.25, 0.3) is 0 Å². The number of benzene rings is 1. The lowest BCUT2D eigenvalue weighted by Gasteiger charge is -2.23. The van der Waals surface area contributed by atoms with Gasteiger partial charge in [0, 0.05) is 11.4 Å². The van der Waals surface area contributed by atoms with Gasteiger partial charge in [0.1, 0.15) is 0 Å². The second-order valence-electron chi connectivity index (χ2n) is 5.96. The van der Waals surface area contributed by atoms with Crippen LogP contribution in [-0.2, 0) is 17.9 Å². The molecule has 0 spiro atoms. The maximum Gasteiger partial charge on any atom is 0.237 e. The van der Waals surface area contributed by atoms with Crippen molar-refractivity contribution in [2.24, 2.45) is 5.92 Å². The summed E-state index contributed by atoms with van der Waals surface area (Å²) < 4.78 is 0. The number of thiophene rings is 1. The summed E-state index contributed by atoms with van der Waals surface area (Å²) in [5.74, 6) is 0.758. The van der Waals surface area contributed by atoms with Crippen LogP contribution in [0.4, 0.5) is 0 Å². The summed E-state index contributed by atoms with van der Waals surface area (Å²) in [6.07, 6.45) is 1.13. The van der Waals surface area contributed by atoms with Crippen LogP contribution >= 0.6 is 11.3 Å². The number of hydrogen-bond acceptors (Lipinski definition) is 3. The number of nitrogens with zero attached hydrogens (tertiary/aromatic N) is 1. The lowest BCUT2D eigenvalue weighted by Crippen LogP contribution is -2.38. The molecule has 2 aromatic rings. The van der Waals surface area contributed by atoms with Gasteiger partial charge in [0.25, 0.3) is 0 Å². The SMILES string of the molecule is CC[C@H](C)CNCC(=O)N(Cc1ccccc1)Cc1cccs1. The smallest absolute Gasteiger partial charge is 0.237 e. The van der Waals surface area contributed by atoms with Crippen molar-refractivity contribution in [2.45, 2.75) is 33.4 Å². The van der Waals surface area contributed by atoms with Crippen LogP contribution in [-0.4, -0.2) is 23.9 Å². The molecule has 23 heavy (non-hydrogen) atoms. The van der Waals surface area contributed by atoms with Crippen molar-refractivity contribution < 1.29 is 4.79 Å². The summed E-state index contributed by atoms with van der Waals surface area (Å²) in [5, 5.41) is 5.35. The molecule has 0 unspecified atom stereocenters. The predicted molar refractivity (Wildman–Crippen MR) is 97.3 cm³/mol. The third-order valence-electron chi connectivity index (χ3n) is 3.96. The second kappa shape index (κ2) is 9.48. The number of hydrogen-bond donors (Lipinski definition) is 1. The summed E-state index contributed by atoms with van der Waals surface area (Å²) >= 11 is 1.70. The van der Waals surface area contributed by atoms with Crippen LogP contribution in [0.5, 0.6) is 0 Å². The molecule has 1 N–H and O–H groups in total. The Bertz CT molecular complexity index is 568. The summed E-state index contributed by atoms with van der Waals surface area (Å²) in [6, 6.07) is 14.3. The van der Waals surface area contributed by atoms with Gasteiger partial charge in [-0.05, 0) is 29.5 Å². The summed E-state index contributed by atoms with van der Waals surface area (Å²) in [4.78, 5) is 15.8. The van der Waals surface area contributed by atoms with E-state index in [0.717, 1.165) is 13.0 Å². The molecule has 0 saturated heterocycles. The fourth-order valence-corrected chi connectivity index (χ4v) is 3.03. The minimum atomic E-state index is 0.158. The molecule has 0 aliphatic rings. The first-order valence-electron chi connectivity index (χ1n) is 8.23. The monoisotopic (exact) mass is 330 g/mol. The number of carbonyl (C=O) groups is 1. The van der Waals surface area contributed by atoms with Gasteiger partial charge < -0.3 is 10.2 Å². The van der Waals surface area contributed by atoms with E-state index in [1.54, 1.807) is 11.3 Å². The van der Waals surface area contributed by atoms with Gasteiger partial charge in [-0.1, -0.05) is 56.7 Å². The molecule has 1 amide bonds. The first kappa shape index (κ1) is 17.7. The fraction of sp³-hybridized carbons (Fsp3) is 0.421. The topological polar surface area (TPSA) is 32.3 Å². The van der Waals surface area contributed by atoms with Crippen LogP contribution in [0.1, 0.15) is 30.7 Å². The number of carbonyl (C=O) groups excluding carboxylic acids is 1. The van der Waals surface area contributed by atoms with Gasteiger partial charge >= 0.3 is 0 Å². The Morgan fingerprint density at radius 3 is 2.61 bits per heavy atom. The third kappa shape index (κ3) is 6.16. The van der Waals surface area contributed by atoms with Crippen molar-refractivity contribution in [3.63, 3.8) is 0 Å². The largest absolute Gasteiger partial charge is 0.332 e. The van der Waals surface area contributed by atoms with E-state index in [2.05, 4.69) is 42.7 Å². The molecule has 0 fully saturated rings. The molecule has 0 radical (unpaired) electrons. The van der Waals surface area contributed by atoms with E-state index < -0.39 is 0 Å². The second-order valence-corrected chi connectivity index (χ2v) is 6.99. The van der Waals surface area contributed by atoms with E-state index in [-0.39, 0.29) is 5.91 Å². The standard InChI is InChI=1S/C19H26N2OS/c1-3-16(2)12-20-13-19(22)21(15-18-10-7-11-23-18)14-17-8-5-4-6-9-17/h4-11,16,20H,3,12-15H2,1-2H3/t16-/m0/s1. The summed E-state index contributed by atoms with van der Waals surface area (Å²) in [7, 11) is 0. The maximum atomic E-state index is 12.6. The van der Waals surface area contributed by atoms with Gasteiger partial charge in [-0.15, -0.1) is 11.3 Å². The maximum absolute atomic E-state index is 12.6. The average molecular weight is 330 g/mol. The lowest BCUT2D eigenvalue weighted by molar-refractivity contribution is -0.131. The Morgan fingerprint density at radius 2 is 1.96 bits per heavy atom. The minimum Gasteiger partial charge on any atom is -0.332 e. The van der Waals surface area contributed by atoms with Crippen molar-refractivity contribution in [1.82, 2.24) is 10.2 Å². The summed E-state index contributed by atoms with van der Waals surface area (Å²) in [5.41, 5.74) is 1.17. The highest BCUT2D eigenvalue weighted by Gasteiger charge is 2.15. The van der Waals surface area contributed by atoms with Gasteiger partial charge in [0.2, 0.25) is 5.91 Å². The molecular weight excluding hydrogens is 304 g/mol. The molecular formula is C19H26N2OS. The molecule has 1 aromatic carbocycles. The van der Waals surface area contributed by atoms with Crippen molar-refractivity contribution in [1.29, 1.82) is 0 Å². The molecule has 4 heteroatoms. The Kier molecular flexibility index (Phi) is 7.30. The van der Waals surface area contributed by atoms with E-state index in [4.69, 9.17) is 0 Å². The van der Waals surface area contributed by atoms with Crippen molar-refractivity contribution >= 4 is 17.2 Å². The van der Waals surface area contributed by atoms with Gasteiger partial charge in [-0.25, -0.2) is 0 Å². The zero-order valence-electron chi connectivity index (χ0n) is 14.0. The van der Waals surface area contributed by atoms with Gasteiger partial charge in [0.15, 0.2) is 0 Å². The zero-order chi connectivity index (χ0) is 16.5. The molecule has 124 valence electrons. The molecule has 0 aliphatic carbocycles. The molecule has 1 heterocycles. The van der Waals surface area contributed by atoms with Crippen LogP contribution in [0.15, 0.2) is 47.8 Å². The number of nitrogens with one attached hydrogen (secondary N) is 1. The van der Waals surface area contributed by atoms with Gasteiger partial charge in [-0.2, -0.15) is 0 Å². The van der Waals surface area contributed by atoms with E-state index >= 15 is 0 Å². The van der Waals surface area contributed by atoms with E-state index in [1.165, 1.54) is 10.4 Å². The van der Waals surface area contributed by atoms with Crippen LogP contribution in [0.2, 0.25) is 0 Å². The normalized spacial score (nSPS) is 12.1. The average Bonchev–Trinajstić information content (AvgIpc) is 3.08. The lowest BCUT2D eigenvalue weighted by atomic mass is 10.1. The molecule has 1 aromatic heterocycles. The van der Waals surface area contributed by atoms with Crippen LogP contribution in [0, 0.1) is 5.92 Å². The highest BCUT2D eigenvalue weighted by atomic mass is 32.1. The Labute approximate surface area is 143 Å². The quantitative estimate of drug-likeness (QED) is 0.756. The van der Waals surface area contributed by atoms with Gasteiger partial charge in [-0.3, -0.25) is 4.79 Å². The number of amides is 1. The van der Waals surface area contributed by atoms with Crippen molar-refractivity contribution in [3.8, 4) is 0 Å². The van der Waals surface area contributed by atoms with E-state index in [1.807, 2.05) is 29.2 Å². The Morgan fingerprint density at radius 1 is 1.17 bits per heavy atom. The summed E-state index contributed by atoms with van der Waals surface area (Å²) in [6.45, 7) is 7.00. The Balaban J connectivity index is 1.96. The highest BCUT2D eigenvalue weighted by molar-refractivity contribution is 7.09. The van der Waals surface area contributed by atoms with E-state index in [0.29, 0.717) is 25.6 Å². The zero-order valence-corrected chi connectivity index (χ0v) is 14.8. The third-order valence-corrected chi connectivity index (χ3v) is 4.82. The molecule has 0 aliphatic heterocycles. The molecule has 2 rings (SSSR count). The van der Waals surface area contributed by atoms with Crippen molar-refractivity contribution in [3.05, 3.63) is 58.3 Å². The molecule has 0 bridgehead atoms. The molecule has 3 nitrogen and oxygen atoms in total. The number of rotatable bonds is 9. The van der Waals surface area contributed by atoms with Gasteiger partial charge in [0.05, 0.1) is 13.1 Å². The highest BCUT2D eigenvalue weighted by Crippen LogP contribution is 2.14. The molecule has 0 saturated carbocycles. The first-order valence-corrected chi connectivity index (χ1v) is 9.11. The minimum absolute atomic E-state index is 0.158. The fourth-order valence-electron chi connectivity index (χ4n) is 2.31. The Hall–Kier alpha value is -1.65. The first-order chi connectivity index (χ1) is 11.2. The molecule has 1 atom stereocenters. The van der Waals surface area contributed by atoms with Crippen LogP contribution < -0.4 is 5.32 Å². The predicted octanol–water partition coefficient (Wildman–Crippen LogP) is 3.91. The van der Waals surface area contributed by atoms with Crippen molar-refractivity contribution in [2.75, 3.05) is 13.1 Å².